The van der Waals surface area contributed by atoms with E-state index in [1.54, 1.807) is 4.90 Å². The predicted molar refractivity (Wildman–Crippen MR) is 92.9 cm³/mol. The summed E-state index contributed by atoms with van der Waals surface area (Å²) in [6.45, 7) is 9.18. The molecule has 0 spiro atoms. The van der Waals surface area contributed by atoms with Crippen LogP contribution in [0, 0.1) is 6.92 Å². The SMILES string of the molecule is C=C1SC(CNc2ccc3nc(C)ccc3c2)C(=O)N1CC. The Labute approximate surface area is 134 Å². The molecule has 2 heterocycles. The lowest BCUT2D eigenvalue weighted by Crippen LogP contribution is -2.31. The number of fused-ring (bicyclic) bond motifs is 1. The van der Waals surface area contributed by atoms with Gasteiger partial charge in [0, 0.05) is 29.9 Å². The van der Waals surface area contributed by atoms with E-state index in [1.165, 1.54) is 11.8 Å². The molecule has 0 radical (unpaired) electrons. The second-order valence-corrected chi connectivity index (χ2v) is 6.60. The molecule has 22 heavy (non-hydrogen) atoms. The lowest BCUT2D eigenvalue weighted by atomic mass is 10.2. The minimum atomic E-state index is -0.0979. The summed E-state index contributed by atoms with van der Waals surface area (Å²) in [4.78, 5) is 18.4. The Morgan fingerprint density at radius 2 is 2.18 bits per heavy atom. The second kappa shape index (κ2) is 6.01. The number of carbonyl (C=O) groups excluding carboxylic acids is 1. The fraction of sp³-hybridized carbons (Fsp3) is 0.294. The van der Waals surface area contributed by atoms with Crippen LogP contribution in [-0.4, -0.2) is 34.1 Å². The van der Waals surface area contributed by atoms with Gasteiger partial charge in [0.05, 0.1) is 10.5 Å². The lowest BCUT2D eigenvalue weighted by molar-refractivity contribution is -0.127. The maximum atomic E-state index is 12.2. The third-order valence-corrected chi connectivity index (χ3v) is 4.90. The lowest BCUT2D eigenvalue weighted by Gasteiger charge is -2.14. The monoisotopic (exact) mass is 313 g/mol. The van der Waals surface area contributed by atoms with Gasteiger partial charge in [0.1, 0.15) is 5.25 Å². The summed E-state index contributed by atoms with van der Waals surface area (Å²) in [6, 6.07) is 10.2. The van der Waals surface area contributed by atoms with Gasteiger partial charge < -0.3 is 10.2 Å². The Morgan fingerprint density at radius 1 is 1.36 bits per heavy atom. The number of nitrogens with one attached hydrogen (secondary N) is 1. The molecule has 1 aromatic heterocycles. The predicted octanol–water partition coefficient (Wildman–Crippen LogP) is 3.39. The van der Waals surface area contributed by atoms with Gasteiger partial charge in [-0.05, 0) is 38.1 Å². The molecule has 1 N–H and O–H groups in total. The van der Waals surface area contributed by atoms with Crippen LogP contribution >= 0.6 is 11.8 Å². The molecule has 1 fully saturated rings. The molecule has 0 saturated carbocycles. The van der Waals surface area contributed by atoms with Crippen LogP contribution in [0.25, 0.3) is 10.9 Å². The molecule has 1 atom stereocenters. The molecule has 1 unspecified atom stereocenters. The molecule has 114 valence electrons. The van der Waals surface area contributed by atoms with Crippen molar-refractivity contribution >= 4 is 34.3 Å². The van der Waals surface area contributed by atoms with Gasteiger partial charge in [-0.15, -0.1) is 0 Å². The zero-order valence-electron chi connectivity index (χ0n) is 12.8. The number of aromatic nitrogens is 1. The maximum absolute atomic E-state index is 12.2. The highest BCUT2D eigenvalue weighted by Crippen LogP contribution is 2.33. The number of nitrogens with zero attached hydrogens (tertiary/aromatic N) is 2. The van der Waals surface area contributed by atoms with Crippen LogP contribution in [0.2, 0.25) is 0 Å². The first-order valence-electron chi connectivity index (χ1n) is 7.36. The molecule has 1 aliphatic rings. The van der Waals surface area contributed by atoms with Crippen LogP contribution in [0.15, 0.2) is 41.9 Å². The van der Waals surface area contributed by atoms with Crippen molar-refractivity contribution in [3.8, 4) is 0 Å². The average Bonchev–Trinajstić information content (AvgIpc) is 2.78. The number of hydrogen-bond acceptors (Lipinski definition) is 4. The summed E-state index contributed by atoms with van der Waals surface area (Å²) < 4.78 is 0. The van der Waals surface area contributed by atoms with Gasteiger partial charge in [-0.25, -0.2) is 0 Å². The van der Waals surface area contributed by atoms with Crippen molar-refractivity contribution in [3.63, 3.8) is 0 Å². The van der Waals surface area contributed by atoms with Crippen molar-refractivity contribution in [2.75, 3.05) is 18.4 Å². The number of pyridine rings is 1. The summed E-state index contributed by atoms with van der Waals surface area (Å²) in [5.74, 6) is 0.142. The van der Waals surface area contributed by atoms with Crippen LogP contribution in [0.5, 0.6) is 0 Å². The third-order valence-electron chi connectivity index (χ3n) is 3.76. The molecule has 5 heteroatoms. The summed E-state index contributed by atoms with van der Waals surface area (Å²) in [5.41, 5.74) is 3.01. The summed E-state index contributed by atoms with van der Waals surface area (Å²) in [5, 5.41) is 5.20. The van der Waals surface area contributed by atoms with E-state index < -0.39 is 0 Å². The van der Waals surface area contributed by atoms with Crippen molar-refractivity contribution in [1.29, 1.82) is 0 Å². The molecular weight excluding hydrogens is 294 g/mol. The van der Waals surface area contributed by atoms with Crippen molar-refractivity contribution < 1.29 is 4.79 Å². The molecule has 1 saturated heterocycles. The van der Waals surface area contributed by atoms with Crippen LogP contribution in [0.4, 0.5) is 5.69 Å². The highest BCUT2D eigenvalue weighted by atomic mass is 32.2. The number of amides is 1. The Hall–Kier alpha value is -2.01. The van der Waals surface area contributed by atoms with E-state index in [0.717, 1.165) is 27.3 Å². The quantitative estimate of drug-likeness (QED) is 0.940. The van der Waals surface area contributed by atoms with Crippen molar-refractivity contribution in [1.82, 2.24) is 9.88 Å². The molecular formula is C17H19N3OS. The number of hydrogen-bond donors (Lipinski definition) is 1. The van der Waals surface area contributed by atoms with Crippen molar-refractivity contribution in [2.24, 2.45) is 0 Å². The number of aryl methyl sites for hydroxylation is 1. The smallest absolute Gasteiger partial charge is 0.242 e. The van der Waals surface area contributed by atoms with E-state index in [2.05, 4.69) is 29.0 Å². The van der Waals surface area contributed by atoms with Crippen LogP contribution in [0.3, 0.4) is 0 Å². The van der Waals surface area contributed by atoms with E-state index in [9.17, 15) is 4.79 Å². The molecule has 1 amide bonds. The summed E-state index contributed by atoms with van der Waals surface area (Å²) >= 11 is 1.54. The van der Waals surface area contributed by atoms with E-state index >= 15 is 0 Å². The van der Waals surface area contributed by atoms with Gasteiger partial charge in [0.25, 0.3) is 0 Å². The topological polar surface area (TPSA) is 45.2 Å². The number of thioether (sulfide) groups is 1. The summed E-state index contributed by atoms with van der Waals surface area (Å²) in [6.07, 6.45) is 0. The average molecular weight is 313 g/mol. The van der Waals surface area contributed by atoms with Crippen molar-refractivity contribution in [3.05, 3.63) is 47.6 Å². The van der Waals surface area contributed by atoms with Crippen molar-refractivity contribution in [2.45, 2.75) is 19.1 Å². The van der Waals surface area contributed by atoms with E-state index in [-0.39, 0.29) is 11.2 Å². The first-order valence-corrected chi connectivity index (χ1v) is 8.24. The highest BCUT2D eigenvalue weighted by molar-refractivity contribution is 8.04. The van der Waals surface area contributed by atoms with Gasteiger partial charge in [0.15, 0.2) is 0 Å². The zero-order chi connectivity index (χ0) is 15.7. The highest BCUT2D eigenvalue weighted by Gasteiger charge is 2.34. The molecule has 2 aromatic rings. The van der Waals surface area contributed by atoms with Gasteiger partial charge in [0.2, 0.25) is 5.91 Å². The van der Waals surface area contributed by atoms with E-state index in [4.69, 9.17) is 0 Å². The normalized spacial score (nSPS) is 18.3. The number of anilines is 1. The Kier molecular flexibility index (Phi) is 4.07. The standard InChI is InChI=1S/C17H19N3OS/c1-4-20-12(3)22-16(17(20)21)10-18-14-7-8-15-13(9-14)6-5-11(2)19-15/h5-9,16,18H,3-4,10H2,1-2H3. The second-order valence-electron chi connectivity index (χ2n) is 5.32. The van der Waals surface area contributed by atoms with Gasteiger partial charge >= 0.3 is 0 Å². The molecule has 1 aliphatic heterocycles. The third kappa shape index (κ3) is 2.81. The number of benzene rings is 1. The maximum Gasteiger partial charge on any atom is 0.242 e. The Bertz CT molecular complexity index is 744. The Balaban J connectivity index is 1.70. The number of rotatable bonds is 4. The molecule has 4 nitrogen and oxygen atoms in total. The number of carbonyl (C=O) groups is 1. The van der Waals surface area contributed by atoms with Gasteiger partial charge in [-0.3, -0.25) is 9.78 Å². The van der Waals surface area contributed by atoms with Crippen LogP contribution in [0.1, 0.15) is 12.6 Å². The minimum absolute atomic E-state index is 0.0979. The first-order chi connectivity index (χ1) is 10.6. The van der Waals surface area contributed by atoms with Crippen LogP contribution in [-0.2, 0) is 4.79 Å². The fourth-order valence-corrected chi connectivity index (χ4v) is 3.65. The zero-order valence-corrected chi connectivity index (χ0v) is 13.6. The van der Waals surface area contributed by atoms with Crippen LogP contribution < -0.4 is 5.32 Å². The molecule has 1 aromatic carbocycles. The molecule has 0 aliphatic carbocycles. The van der Waals surface area contributed by atoms with Gasteiger partial charge in [-0.2, -0.15) is 0 Å². The summed E-state index contributed by atoms with van der Waals surface area (Å²) in [7, 11) is 0. The minimum Gasteiger partial charge on any atom is -0.383 e. The fourth-order valence-electron chi connectivity index (χ4n) is 2.58. The van der Waals surface area contributed by atoms with Gasteiger partial charge in [-0.1, -0.05) is 24.4 Å². The Morgan fingerprint density at radius 3 is 2.91 bits per heavy atom. The van der Waals surface area contributed by atoms with E-state index in [0.29, 0.717) is 13.1 Å². The molecule has 0 bridgehead atoms. The first kappa shape index (κ1) is 14.9. The van der Waals surface area contributed by atoms with E-state index in [1.807, 2.05) is 32.0 Å². The largest absolute Gasteiger partial charge is 0.383 e. The molecule has 3 rings (SSSR count).